The average Bonchev–Trinajstić information content (AvgIpc) is 3.27. The third-order valence-corrected chi connectivity index (χ3v) is 6.29. The fourth-order valence-corrected chi connectivity index (χ4v) is 4.32. The number of carbonyl (C=O) groups excluding carboxylic acids is 2. The van der Waals surface area contributed by atoms with Crippen molar-refractivity contribution < 1.29 is 19.4 Å². The van der Waals surface area contributed by atoms with Crippen LogP contribution in [0.3, 0.4) is 0 Å². The second-order valence-electron chi connectivity index (χ2n) is 10.5. The van der Waals surface area contributed by atoms with Gasteiger partial charge in [0.25, 0.3) is 0 Å². The Morgan fingerprint density at radius 2 is 1.92 bits per heavy atom. The number of hydrogen-bond acceptors (Lipinski definition) is 5. The predicted octanol–water partition coefficient (Wildman–Crippen LogP) is 4.99. The summed E-state index contributed by atoms with van der Waals surface area (Å²) in [6.07, 6.45) is 18.0. The molecule has 1 saturated carbocycles. The highest BCUT2D eigenvalue weighted by Crippen LogP contribution is 2.28. The Hall–Kier alpha value is -2.80. The number of carbonyl (C=O) groups is 2. The second-order valence-corrected chi connectivity index (χ2v) is 10.5. The Labute approximate surface area is 223 Å². The number of ether oxygens (including phenoxy) is 1. The number of nitrogens with one attached hydrogen (secondary N) is 2. The first-order valence-electron chi connectivity index (χ1n) is 13.7. The van der Waals surface area contributed by atoms with Crippen LogP contribution in [-0.2, 0) is 16.0 Å². The van der Waals surface area contributed by atoms with Gasteiger partial charge in [0.05, 0.1) is 12.1 Å². The zero-order chi connectivity index (χ0) is 27.5. The number of primary amides is 1. The number of aryl methyl sites for hydroxylation is 1. The van der Waals surface area contributed by atoms with E-state index in [0.717, 1.165) is 24.5 Å². The van der Waals surface area contributed by atoms with Crippen molar-refractivity contribution >= 4 is 12.3 Å². The topological polar surface area (TPSA) is 114 Å². The molecular weight excluding hydrogens is 466 g/mol. The number of rotatable bonds is 11. The van der Waals surface area contributed by atoms with Gasteiger partial charge in [-0.15, -0.1) is 0 Å². The number of para-hydroxylation sites is 1. The summed E-state index contributed by atoms with van der Waals surface area (Å²) in [7, 11) is 0. The van der Waals surface area contributed by atoms with Crippen molar-refractivity contribution in [1.29, 1.82) is 0 Å². The van der Waals surface area contributed by atoms with E-state index in [1.807, 2.05) is 38.2 Å². The highest BCUT2D eigenvalue weighted by Gasteiger charge is 2.15. The van der Waals surface area contributed by atoms with Crippen molar-refractivity contribution in [3.8, 4) is 5.75 Å². The average molecular weight is 516 g/mol. The number of nitrogens with two attached hydrogens (primary N) is 1. The van der Waals surface area contributed by atoms with Crippen molar-refractivity contribution in [2.75, 3.05) is 13.1 Å². The van der Waals surface area contributed by atoms with Gasteiger partial charge in [-0.2, -0.15) is 0 Å². The van der Waals surface area contributed by atoms with Gasteiger partial charge < -0.3 is 26.2 Å². The van der Waals surface area contributed by atoms with Crippen LogP contribution in [0.25, 0.3) is 0 Å². The molecule has 2 amide bonds. The molecule has 7 heteroatoms. The summed E-state index contributed by atoms with van der Waals surface area (Å²) in [5.74, 6) is 3.09. The highest BCUT2D eigenvalue weighted by molar-refractivity contribution is 5.90. The molecule has 2 aliphatic rings. The lowest BCUT2D eigenvalue weighted by Gasteiger charge is -2.22. The summed E-state index contributed by atoms with van der Waals surface area (Å²) >= 11 is 0. The molecule has 5 N–H and O–H groups in total. The third-order valence-electron chi connectivity index (χ3n) is 6.29. The molecule has 0 radical (unpaired) electrons. The number of allylic oxidation sites excluding steroid dienone is 1. The summed E-state index contributed by atoms with van der Waals surface area (Å²) < 4.78 is 5.71. The molecule has 1 aliphatic carbocycles. The van der Waals surface area contributed by atoms with Crippen LogP contribution in [0.4, 0.5) is 0 Å². The lowest BCUT2D eigenvalue weighted by atomic mass is 9.84. The van der Waals surface area contributed by atoms with Gasteiger partial charge in [0.15, 0.2) is 0 Å². The van der Waals surface area contributed by atoms with Crippen LogP contribution in [0.15, 0.2) is 48.4 Å². The molecule has 1 aliphatic heterocycles. The van der Waals surface area contributed by atoms with Gasteiger partial charge in [-0.05, 0) is 62.8 Å². The lowest BCUT2D eigenvalue weighted by molar-refractivity contribution is -0.115. The molecule has 0 bridgehead atoms. The molecule has 0 spiro atoms. The van der Waals surface area contributed by atoms with Crippen LogP contribution >= 0.6 is 0 Å². The number of hydrogen-bond donors (Lipinski definition) is 4. The molecule has 3 rings (SSSR count). The van der Waals surface area contributed by atoms with E-state index in [1.54, 1.807) is 0 Å². The fraction of sp³-hybridized carbons (Fsp3) is 0.600. The minimum absolute atomic E-state index is 0.0806. The maximum absolute atomic E-state index is 11.0. The van der Waals surface area contributed by atoms with Crippen molar-refractivity contribution in [1.82, 2.24) is 10.6 Å². The van der Waals surface area contributed by atoms with E-state index in [4.69, 9.17) is 9.53 Å². The number of benzene rings is 1. The van der Waals surface area contributed by atoms with Gasteiger partial charge in [-0.1, -0.05) is 76.6 Å². The lowest BCUT2D eigenvalue weighted by Crippen LogP contribution is -2.32. The normalized spacial score (nSPS) is 16.5. The van der Waals surface area contributed by atoms with Crippen LogP contribution in [0.5, 0.6) is 5.75 Å². The molecule has 1 aromatic rings. The summed E-state index contributed by atoms with van der Waals surface area (Å²) in [6.45, 7) is 9.15. The Morgan fingerprint density at radius 3 is 2.51 bits per heavy atom. The molecule has 208 valence electrons. The largest absolute Gasteiger partial charge is 0.459 e. The monoisotopic (exact) mass is 515 g/mol. The standard InChI is InChI=1S/C16H31NO.C13H15NO2.CH3NO/c1-14(11-12-17-13-16(2,3)18)9-10-15-7-5-4-6-8-15;1-2-5-10-6-3-4-7-12(10)16-11-8-13(15)14-9-11;2-1-3/h11-12,14-15,17-18H,4-10,13H2,1-3H3;3-4,6-8H,2,5,9H2,1H3,(H,14,15);1H,(H2,2,3)/b12-11-;;. The zero-order valence-electron chi connectivity index (χ0n) is 23.3. The van der Waals surface area contributed by atoms with E-state index in [1.165, 1.54) is 56.6 Å². The molecule has 1 atom stereocenters. The molecule has 1 aromatic carbocycles. The summed E-state index contributed by atoms with van der Waals surface area (Å²) in [5, 5.41) is 15.4. The first-order chi connectivity index (χ1) is 17.7. The van der Waals surface area contributed by atoms with Crippen molar-refractivity contribution in [2.24, 2.45) is 17.6 Å². The Bertz CT molecular complexity index is 839. The van der Waals surface area contributed by atoms with Gasteiger partial charge in [0.1, 0.15) is 11.5 Å². The van der Waals surface area contributed by atoms with Crippen molar-refractivity contribution in [3.05, 3.63) is 53.9 Å². The first kappa shape index (κ1) is 32.2. The third kappa shape index (κ3) is 15.8. The van der Waals surface area contributed by atoms with Crippen molar-refractivity contribution in [2.45, 2.75) is 91.1 Å². The molecule has 7 nitrogen and oxygen atoms in total. The molecule has 1 fully saturated rings. The van der Waals surface area contributed by atoms with Crippen LogP contribution in [0.2, 0.25) is 0 Å². The van der Waals surface area contributed by atoms with E-state index in [-0.39, 0.29) is 12.3 Å². The molecular formula is C30H49N3O4. The molecule has 0 saturated heterocycles. The van der Waals surface area contributed by atoms with Gasteiger partial charge in [-0.25, -0.2) is 0 Å². The Morgan fingerprint density at radius 1 is 1.24 bits per heavy atom. The minimum atomic E-state index is -0.629. The quantitative estimate of drug-likeness (QED) is 0.310. The first-order valence-corrected chi connectivity index (χ1v) is 13.7. The van der Waals surface area contributed by atoms with Gasteiger partial charge in [-0.3, -0.25) is 9.59 Å². The van der Waals surface area contributed by atoms with Gasteiger partial charge >= 0.3 is 0 Å². The van der Waals surface area contributed by atoms with Gasteiger partial charge in [0, 0.05) is 12.6 Å². The van der Waals surface area contributed by atoms with E-state index < -0.39 is 5.60 Å². The highest BCUT2D eigenvalue weighted by atomic mass is 16.5. The molecule has 0 aromatic heterocycles. The summed E-state index contributed by atoms with van der Waals surface area (Å²) in [4.78, 5) is 19.6. The summed E-state index contributed by atoms with van der Waals surface area (Å²) in [5.41, 5.74) is 4.72. The van der Waals surface area contributed by atoms with E-state index in [2.05, 4.69) is 42.4 Å². The zero-order valence-corrected chi connectivity index (χ0v) is 23.3. The molecule has 1 unspecified atom stereocenters. The van der Waals surface area contributed by atoms with E-state index >= 15 is 0 Å². The minimum Gasteiger partial charge on any atom is -0.459 e. The maximum atomic E-state index is 11.0. The van der Waals surface area contributed by atoms with Crippen molar-refractivity contribution in [3.63, 3.8) is 0 Å². The predicted molar refractivity (Wildman–Crippen MR) is 151 cm³/mol. The van der Waals surface area contributed by atoms with E-state index in [9.17, 15) is 9.90 Å². The SMILES string of the molecule is CC(/C=C\NCC(C)(C)O)CCC1CCCCC1.CCCc1ccccc1OC1=CC(=O)NC1.NC=O. The number of aliphatic hydroxyl groups is 1. The maximum Gasteiger partial charge on any atom is 0.247 e. The van der Waals surface area contributed by atoms with Crippen LogP contribution < -0.4 is 21.1 Å². The van der Waals surface area contributed by atoms with Gasteiger partial charge in [0.2, 0.25) is 12.3 Å². The Balaban J connectivity index is 0.000000336. The number of amides is 2. The van der Waals surface area contributed by atoms with Crippen LogP contribution in [0.1, 0.15) is 84.6 Å². The molecule has 37 heavy (non-hydrogen) atoms. The smallest absolute Gasteiger partial charge is 0.247 e. The van der Waals surface area contributed by atoms with E-state index in [0.29, 0.717) is 24.8 Å². The molecule has 1 heterocycles. The fourth-order valence-electron chi connectivity index (χ4n) is 4.32. The second kappa shape index (κ2) is 18.4. The Kier molecular flexibility index (Phi) is 16.1. The van der Waals surface area contributed by atoms with Crippen LogP contribution in [-0.4, -0.2) is 36.1 Å². The summed E-state index contributed by atoms with van der Waals surface area (Å²) in [6, 6.07) is 7.95. The van der Waals surface area contributed by atoms with Crippen LogP contribution in [0, 0.1) is 11.8 Å².